The molecular formula is C16H13N3. The third-order valence-corrected chi connectivity index (χ3v) is 3.59. The largest absolute Gasteiger partial charge is 0.373 e. The molecule has 0 aliphatic heterocycles. The first-order chi connectivity index (χ1) is 9.38. The Balaban J connectivity index is 2.34. The van der Waals surface area contributed by atoms with Crippen LogP contribution in [0.3, 0.4) is 0 Å². The van der Waals surface area contributed by atoms with Gasteiger partial charge in [-0.15, -0.1) is 0 Å². The second kappa shape index (κ2) is 3.72. The highest BCUT2D eigenvalue weighted by Crippen LogP contribution is 2.34. The highest BCUT2D eigenvalue weighted by Gasteiger charge is 2.12. The molecule has 2 N–H and O–H groups in total. The van der Waals surface area contributed by atoms with Crippen molar-refractivity contribution in [1.82, 2.24) is 9.97 Å². The quantitative estimate of drug-likeness (QED) is 0.535. The van der Waals surface area contributed by atoms with E-state index in [1.54, 1.807) is 0 Å². The summed E-state index contributed by atoms with van der Waals surface area (Å²) in [6, 6.07) is 16.6. The molecule has 0 spiro atoms. The van der Waals surface area contributed by atoms with E-state index in [1.165, 1.54) is 5.39 Å². The Labute approximate surface area is 110 Å². The number of nitrogens with zero attached hydrogens (tertiary/aromatic N) is 1. The summed E-state index contributed by atoms with van der Waals surface area (Å²) in [4.78, 5) is 8.23. The molecule has 0 unspecified atom stereocenters. The van der Waals surface area contributed by atoms with Crippen LogP contribution in [-0.2, 0) is 0 Å². The van der Waals surface area contributed by atoms with E-state index in [1.807, 2.05) is 31.3 Å². The summed E-state index contributed by atoms with van der Waals surface area (Å²) < 4.78 is 0. The lowest BCUT2D eigenvalue weighted by Crippen LogP contribution is -1.93. The number of anilines is 1. The van der Waals surface area contributed by atoms with Crippen molar-refractivity contribution < 1.29 is 0 Å². The highest BCUT2D eigenvalue weighted by molar-refractivity contribution is 6.20. The first-order valence-corrected chi connectivity index (χ1v) is 6.35. The summed E-state index contributed by atoms with van der Waals surface area (Å²) >= 11 is 0. The van der Waals surface area contributed by atoms with Crippen LogP contribution in [0, 0.1) is 0 Å². The van der Waals surface area contributed by atoms with E-state index in [4.69, 9.17) is 4.98 Å². The molecule has 0 amide bonds. The maximum absolute atomic E-state index is 4.71. The second-order valence-corrected chi connectivity index (χ2v) is 4.65. The number of benzene rings is 2. The van der Waals surface area contributed by atoms with Crippen molar-refractivity contribution in [3.63, 3.8) is 0 Å². The normalized spacial score (nSPS) is 11.4. The summed E-state index contributed by atoms with van der Waals surface area (Å²) in [5, 5.41) is 6.74. The van der Waals surface area contributed by atoms with Gasteiger partial charge < -0.3 is 10.3 Å². The molecule has 0 atom stereocenters. The summed E-state index contributed by atoms with van der Waals surface area (Å²) in [7, 11) is 1.92. The average molecular weight is 247 g/mol. The number of rotatable bonds is 1. The first-order valence-electron chi connectivity index (χ1n) is 6.35. The topological polar surface area (TPSA) is 40.7 Å². The Kier molecular flexibility index (Phi) is 2.03. The Morgan fingerprint density at radius 3 is 2.53 bits per heavy atom. The zero-order valence-electron chi connectivity index (χ0n) is 10.6. The second-order valence-electron chi connectivity index (χ2n) is 4.65. The van der Waals surface area contributed by atoms with Crippen molar-refractivity contribution in [3.05, 3.63) is 48.5 Å². The summed E-state index contributed by atoms with van der Waals surface area (Å²) in [6.45, 7) is 0. The van der Waals surface area contributed by atoms with Gasteiger partial charge in [0.15, 0.2) is 0 Å². The number of nitrogens with one attached hydrogen (secondary N) is 2. The molecule has 0 fully saturated rings. The molecule has 19 heavy (non-hydrogen) atoms. The molecular weight excluding hydrogens is 234 g/mol. The number of hydrogen-bond donors (Lipinski definition) is 2. The van der Waals surface area contributed by atoms with Gasteiger partial charge in [0.2, 0.25) is 0 Å². The van der Waals surface area contributed by atoms with Crippen molar-refractivity contribution >= 4 is 38.5 Å². The van der Waals surface area contributed by atoms with Crippen LogP contribution in [0.15, 0.2) is 48.5 Å². The third kappa shape index (κ3) is 1.35. The molecule has 2 aromatic carbocycles. The maximum Gasteiger partial charge on any atom is 0.136 e. The zero-order chi connectivity index (χ0) is 12.8. The van der Waals surface area contributed by atoms with Crippen LogP contribution in [-0.4, -0.2) is 17.0 Å². The molecule has 0 saturated carbocycles. The standard InChI is InChI=1S/C16H13N3/c1-17-16-14-10-6-2-4-8-12(10)18-15(14)11-7-3-5-9-13(11)19-16/h2-9,18H,1H3,(H,17,19). The van der Waals surface area contributed by atoms with E-state index in [0.29, 0.717) is 0 Å². The predicted octanol–water partition coefficient (Wildman–Crippen LogP) is 3.91. The molecule has 2 heterocycles. The average Bonchev–Trinajstić information content (AvgIpc) is 2.86. The van der Waals surface area contributed by atoms with Gasteiger partial charge in [-0.2, -0.15) is 0 Å². The fraction of sp³-hybridized carbons (Fsp3) is 0.0625. The molecule has 2 aromatic heterocycles. The van der Waals surface area contributed by atoms with Crippen molar-refractivity contribution in [2.75, 3.05) is 12.4 Å². The van der Waals surface area contributed by atoms with E-state index in [0.717, 1.165) is 33.1 Å². The molecule has 3 heteroatoms. The van der Waals surface area contributed by atoms with Crippen molar-refractivity contribution in [3.8, 4) is 0 Å². The van der Waals surface area contributed by atoms with Crippen LogP contribution in [0.4, 0.5) is 5.82 Å². The predicted molar refractivity (Wildman–Crippen MR) is 80.7 cm³/mol. The summed E-state index contributed by atoms with van der Waals surface area (Å²) in [6.07, 6.45) is 0. The number of aromatic nitrogens is 2. The van der Waals surface area contributed by atoms with Gasteiger partial charge in [0.25, 0.3) is 0 Å². The van der Waals surface area contributed by atoms with Gasteiger partial charge in [-0.3, -0.25) is 0 Å². The van der Waals surface area contributed by atoms with Gasteiger partial charge >= 0.3 is 0 Å². The Morgan fingerprint density at radius 2 is 1.68 bits per heavy atom. The van der Waals surface area contributed by atoms with E-state index < -0.39 is 0 Å². The van der Waals surface area contributed by atoms with Crippen LogP contribution in [0.1, 0.15) is 0 Å². The molecule has 0 aliphatic rings. The number of H-pyrrole nitrogens is 1. The van der Waals surface area contributed by atoms with E-state index in [9.17, 15) is 0 Å². The highest BCUT2D eigenvalue weighted by atomic mass is 15.0. The number of pyridine rings is 1. The minimum atomic E-state index is 0.922. The Morgan fingerprint density at radius 1 is 0.947 bits per heavy atom. The Bertz CT molecular complexity index is 906. The Hall–Kier alpha value is -2.55. The lowest BCUT2D eigenvalue weighted by Gasteiger charge is -2.05. The van der Waals surface area contributed by atoms with Crippen LogP contribution in [0.25, 0.3) is 32.7 Å². The minimum Gasteiger partial charge on any atom is -0.373 e. The van der Waals surface area contributed by atoms with Crippen LogP contribution in [0.5, 0.6) is 0 Å². The molecule has 0 saturated heterocycles. The van der Waals surface area contributed by atoms with Crippen LogP contribution >= 0.6 is 0 Å². The smallest absolute Gasteiger partial charge is 0.136 e. The van der Waals surface area contributed by atoms with Gasteiger partial charge in [0, 0.05) is 23.3 Å². The van der Waals surface area contributed by atoms with Gasteiger partial charge in [0.05, 0.1) is 16.4 Å². The van der Waals surface area contributed by atoms with Crippen LogP contribution in [0.2, 0.25) is 0 Å². The molecule has 4 rings (SSSR count). The van der Waals surface area contributed by atoms with Gasteiger partial charge in [-0.05, 0) is 12.1 Å². The molecule has 4 aromatic rings. The van der Waals surface area contributed by atoms with Crippen molar-refractivity contribution in [2.45, 2.75) is 0 Å². The lowest BCUT2D eigenvalue weighted by molar-refractivity contribution is 1.37. The SMILES string of the molecule is CNc1nc2ccccc2c2[nH]c3ccccc3c12. The number of hydrogen-bond acceptors (Lipinski definition) is 2. The molecule has 0 radical (unpaired) electrons. The van der Waals surface area contributed by atoms with Gasteiger partial charge in [0.1, 0.15) is 5.82 Å². The van der Waals surface area contributed by atoms with Gasteiger partial charge in [-0.25, -0.2) is 4.98 Å². The van der Waals surface area contributed by atoms with Crippen molar-refractivity contribution in [1.29, 1.82) is 0 Å². The molecule has 92 valence electrons. The monoisotopic (exact) mass is 247 g/mol. The molecule has 0 bridgehead atoms. The number of fused-ring (bicyclic) bond motifs is 5. The van der Waals surface area contributed by atoms with E-state index >= 15 is 0 Å². The van der Waals surface area contributed by atoms with E-state index in [-0.39, 0.29) is 0 Å². The molecule has 0 aliphatic carbocycles. The summed E-state index contributed by atoms with van der Waals surface area (Å²) in [5.74, 6) is 0.922. The van der Waals surface area contributed by atoms with Crippen molar-refractivity contribution in [2.24, 2.45) is 0 Å². The van der Waals surface area contributed by atoms with Crippen LogP contribution < -0.4 is 5.32 Å². The zero-order valence-corrected chi connectivity index (χ0v) is 10.6. The fourth-order valence-electron chi connectivity index (χ4n) is 2.73. The number of para-hydroxylation sites is 2. The minimum absolute atomic E-state index is 0.922. The lowest BCUT2D eigenvalue weighted by atomic mass is 10.1. The summed E-state index contributed by atoms with van der Waals surface area (Å²) in [5.41, 5.74) is 3.30. The molecule has 3 nitrogen and oxygen atoms in total. The first kappa shape index (κ1) is 10.4. The third-order valence-electron chi connectivity index (χ3n) is 3.59. The maximum atomic E-state index is 4.71. The fourth-order valence-corrected chi connectivity index (χ4v) is 2.73. The van der Waals surface area contributed by atoms with Gasteiger partial charge in [-0.1, -0.05) is 36.4 Å². The number of aromatic amines is 1. The van der Waals surface area contributed by atoms with E-state index in [2.05, 4.69) is 34.6 Å².